The highest BCUT2D eigenvalue weighted by Gasteiger charge is 2.30. The second-order valence-electron chi connectivity index (χ2n) is 8.32. The average Bonchev–Trinajstić information content (AvgIpc) is 3.64. The molecule has 8 nitrogen and oxygen atoms in total. The van der Waals surface area contributed by atoms with Crippen LogP contribution in [0.5, 0.6) is 11.5 Å². The number of carbonyl (C=O) groups excluding carboxylic acids is 1. The number of benzene rings is 1. The highest BCUT2D eigenvalue weighted by Crippen LogP contribution is 2.38. The molecule has 2 aromatic rings. The fraction of sp³-hybridized carbons (Fsp3) is 0.478. The van der Waals surface area contributed by atoms with E-state index in [0.29, 0.717) is 41.5 Å². The molecule has 1 N–H and O–H groups in total. The third-order valence-corrected chi connectivity index (χ3v) is 6.27. The standard InChI is InChI=1S/C23H24Cl2F2N2O6/c24-16-10-29(31)11-17(25)15(16)8-19(34-22(30)21-9-28-5-6-32-21)14-3-4-18(35-23(26)27)20(7-14)33-12-13-1-2-13/h3-4,7,10-11,13,19,21,23,28H,1-2,5-6,8-9,12H2/t19-,21?/m0/s1. The van der Waals surface area contributed by atoms with E-state index in [1.807, 2.05) is 0 Å². The van der Waals surface area contributed by atoms with Crippen molar-refractivity contribution in [3.05, 3.63) is 57.0 Å². The number of esters is 1. The molecule has 190 valence electrons. The molecule has 0 bridgehead atoms. The van der Waals surface area contributed by atoms with E-state index in [9.17, 15) is 18.8 Å². The van der Waals surface area contributed by atoms with Crippen LogP contribution in [0.25, 0.3) is 0 Å². The van der Waals surface area contributed by atoms with E-state index in [-0.39, 0.29) is 34.5 Å². The molecule has 2 atom stereocenters. The number of ether oxygens (including phenoxy) is 4. The number of morpholine rings is 1. The van der Waals surface area contributed by atoms with Gasteiger partial charge in [0.2, 0.25) is 0 Å². The molecule has 1 aliphatic heterocycles. The number of hydrogen-bond acceptors (Lipinski definition) is 7. The number of rotatable bonds is 10. The van der Waals surface area contributed by atoms with Crippen molar-refractivity contribution < 1.29 is 37.3 Å². The molecule has 1 aliphatic carbocycles. The smallest absolute Gasteiger partial charge is 0.387 e. The van der Waals surface area contributed by atoms with Crippen molar-refractivity contribution in [3.63, 3.8) is 0 Å². The number of aromatic nitrogens is 1. The molecule has 2 heterocycles. The van der Waals surface area contributed by atoms with Gasteiger partial charge in [-0.1, -0.05) is 29.3 Å². The zero-order valence-corrected chi connectivity index (χ0v) is 20.1. The van der Waals surface area contributed by atoms with Crippen LogP contribution in [0.4, 0.5) is 8.78 Å². The molecule has 1 aromatic carbocycles. The van der Waals surface area contributed by atoms with Crippen molar-refractivity contribution in [1.29, 1.82) is 0 Å². The van der Waals surface area contributed by atoms with Crippen LogP contribution < -0.4 is 19.5 Å². The monoisotopic (exact) mass is 532 g/mol. The van der Waals surface area contributed by atoms with Gasteiger partial charge in [-0.2, -0.15) is 13.5 Å². The van der Waals surface area contributed by atoms with Crippen LogP contribution in [0.2, 0.25) is 10.0 Å². The Labute approximate surface area is 210 Å². The summed E-state index contributed by atoms with van der Waals surface area (Å²) in [5.74, 6) is -0.271. The predicted octanol–water partition coefficient (Wildman–Crippen LogP) is 3.83. The second kappa shape index (κ2) is 11.6. The summed E-state index contributed by atoms with van der Waals surface area (Å²) in [5.41, 5.74) is 0.829. The van der Waals surface area contributed by atoms with E-state index < -0.39 is 24.8 Å². The molecule has 1 aromatic heterocycles. The van der Waals surface area contributed by atoms with Gasteiger partial charge in [-0.05, 0) is 36.5 Å². The van der Waals surface area contributed by atoms with Gasteiger partial charge >= 0.3 is 12.6 Å². The van der Waals surface area contributed by atoms with Crippen molar-refractivity contribution in [2.75, 3.05) is 26.3 Å². The molecule has 1 saturated heterocycles. The van der Waals surface area contributed by atoms with Gasteiger partial charge in [0, 0.05) is 25.1 Å². The highest BCUT2D eigenvalue weighted by molar-refractivity contribution is 6.35. The van der Waals surface area contributed by atoms with Gasteiger partial charge in [0.05, 0.1) is 13.2 Å². The third-order valence-electron chi connectivity index (χ3n) is 5.62. The third kappa shape index (κ3) is 7.07. The summed E-state index contributed by atoms with van der Waals surface area (Å²) in [6, 6.07) is 4.33. The van der Waals surface area contributed by atoms with E-state index in [4.69, 9.17) is 37.4 Å². The second-order valence-corrected chi connectivity index (χ2v) is 9.14. The van der Waals surface area contributed by atoms with Gasteiger partial charge in [0.1, 0.15) is 16.1 Å². The molecule has 1 saturated carbocycles. The molecule has 4 rings (SSSR count). The van der Waals surface area contributed by atoms with Gasteiger partial charge in [-0.15, -0.1) is 0 Å². The molecular weight excluding hydrogens is 509 g/mol. The lowest BCUT2D eigenvalue weighted by atomic mass is 10.0. The first-order valence-electron chi connectivity index (χ1n) is 11.1. The van der Waals surface area contributed by atoms with Crippen molar-refractivity contribution in [2.45, 2.75) is 38.1 Å². The molecular formula is C23H24Cl2F2N2O6. The fourth-order valence-electron chi connectivity index (χ4n) is 3.59. The van der Waals surface area contributed by atoms with Gasteiger partial charge in [0.25, 0.3) is 0 Å². The Morgan fingerprint density at radius 2 is 1.97 bits per heavy atom. The Balaban J connectivity index is 1.64. The Kier molecular flexibility index (Phi) is 8.48. The quantitative estimate of drug-likeness (QED) is 0.282. The van der Waals surface area contributed by atoms with Gasteiger partial charge in [0.15, 0.2) is 30.0 Å². The van der Waals surface area contributed by atoms with Crippen LogP contribution >= 0.6 is 23.2 Å². The zero-order valence-electron chi connectivity index (χ0n) is 18.6. The van der Waals surface area contributed by atoms with Gasteiger partial charge in [-0.3, -0.25) is 0 Å². The number of nitrogens with one attached hydrogen (secondary N) is 1. The molecule has 2 fully saturated rings. The van der Waals surface area contributed by atoms with Crippen LogP contribution in [0.3, 0.4) is 0 Å². The summed E-state index contributed by atoms with van der Waals surface area (Å²) < 4.78 is 48.0. The fourth-order valence-corrected chi connectivity index (χ4v) is 4.19. The maximum absolute atomic E-state index is 12.9. The molecule has 1 unspecified atom stereocenters. The van der Waals surface area contributed by atoms with Crippen LogP contribution in [-0.4, -0.2) is 45.0 Å². The topological polar surface area (TPSA) is 93.0 Å². The van der Waals surface area contributed by atoms with Crippen LogP contribution in [0.15, 0.2) is 30.6 Å². The Morgan fingerprint density at radius 1 is 1.23 bits per heavy atom. The zero-order chi connectivity index (χ0) is 24.9. The lowest BCUT2D eigenvalue weighted by Gasteiger charge is -2.26. The number of pyridine rings is 1. The van der Waals surface area contributed by atoms with Crippen molar-refractivity contribution in [1.82, 2.24) is 5.32 Å². The minimum Gasteiger partial charge on any atom is -0.619 e. The Bertz CT molecular complexity index is 1030. The van der Waals surface area contributed by atoms with Gasteiger partial charge in [-0.25, -0.2) is 4.79 Å². The van der Waals surface area contributed by atoms with Crippen molar-refractivity contribution in [3.8, 4) is 11.5 Å². The molecule has 2 aliphatic rings. The van der Waals surface area contributed by atoms with E-state index in [1.165, 1.54) is 18.2 Å². The summed E-state index contributed by atoms with van der Waals surface area (Å²) in [7, 11) is 0. The number of alkyl halides is 2. The number of carbonyl (C=O) groups is 1. The largest absolute Gasteiger partial charge is 0.619 e. The first kappa shape index (κ1) is 25.7. The van der Waals surface area contributed by atoms with Crippen molar-refractivity contribution in [2.24, 2.45) is 5.92 Å². The SMILES string of the molecule is O=C(O[C@@H](Cc1c(Cl)c[n+]([O-])cc1Cl)c1ccc(OC(F)F)c(OCC2CC2)c1)C1CNCCO1. The number of nitrogens with zero attached hydrogens (tertiary/aromatic N) is 1. The predicted molar refractivity (Wildman–Crippen MR) is 122 cm³/mol. The highest BCUT2D eigenvalue weighted by atomic mass is 35.5. The van der Waals surface area contributed by atoms with Crippen LogP contribution in [-0.2, 0) is 20.7 Å². The van der Waals surface area contributed by atoms with E-state index in [0.717, 1.165) is 25.2 Å². The van der Waals surface area contributed by atoms with Crippen molar-refractivity contribution >= 4 is 29.2 Å². The molecule has 35 heavy (non-hydrogen) atoms. The average molecular weight is 533 g/mol. The first-order valence-corrected chi connectivity index (χ1v) is 11.9. The lowest BCUT2D eigenvalue weighted by Crippen LogP contribution is -2.44. The van der Waals surface area contributed by atoms with Crippen LogP contribution in [0.1, 0.15) is 30.1 Å². The molecule has 0 amide bonds. The lowest BCUT2D eigenvalue weighted by molar-refractivity contribution is -0.605. The maximum atomic E-state index is 12.9. The van der Waals surface area contributed by atoms with E-state index in [1.54, 1.807) is 0 Å². The van der Waals surface area contributed by atoms with E-state index >= 15 is 0 Å². The minimum absolute atomic E-state index is 0.0154. The van der Waals surface area contributed by atoms with Gasteiger partial charge < -0.3 is 29.5 Å². The molecule has 12 heteroatoms. The normalized spacial score (nSPS) is 18.8. The maximum Gasteiger partial charge on any atom is 0.387 e. The Morgan fingerprint density at radius 3 is 2.60 bits per heavy atom. The summed E-state index contributed by atoms with van der Waals surface area (Å²) in [4.78, 5) is 12.9. The van der Waals surface area contributed by atoms with Crippen LogP contribution in [0, 0.1) is 11.1 Å². The summed E-state index contributed by atoms with van der Waals surface area (Å²) >= 11 is 12.5. The minimum atomic E-state index is -3.03. The number of halogens is 4. The molecule has 0 radical (unpaired) electrons. The number of hydrogen-bond donors (Lipinski definition) is 1. The summed E-state index contributed by atoms with van der Waals surface area (Å²) in [6.07, 6.45) is 2.55. The molecule has 0 spiro atoms. The first-order chi connectivity index (χ1) is 16.8. The summed E-state index contributed by atoms with van der Waals surface area (Å²) in [5, 5.41) is 14.9. The Hall–Kier alpha value is -2.40. The summed E-state index contributed by atoms with van der Waals surface area (Å²) in [6.45, 7) is -1.43. The van der Waals surface area contributed by atoms with E-state index in [2.05, 4.69) is 10.1 Å².